The number of nitro benzene ring substituents is 1. The second kappa shape index (κ2) is 5.99. The van der Waals surface area contributed by atoms with Crippen LogP contribution in [0.25, 0.3) is 0 Å². The summed E-state index contributed by atoms with van der Waals surface area (Å²) in [6.07, 6.45) is 1.71. The molecule has 7 heteroatoms. The van der Waals surface area contributed by atoms with Crippen molar-refractivity contribution < 1.29 is 4.92 Å². The minimum Gasteiger partial charge on any atom is -0.379 e. The van der Waals surface area contributed by atoms with Gasteiger partial charge in [0, 0.05) is 22.4 Å². The molecular weight excluding hydrogens is 334 g/mol. The number of nitrogens with zero attached hydrogens (tertiary/aromatic N) is 2. The predicted molar refractivity (Wildman–Crippen MR) is 77.4 cm³/mol. The molecule has 1 aromatic carbocycles. The molecule has 2 rings (SSSR count). The lowest BCUT2D eigenvalue weighted by molar-refractivity contribution is -0.384. The molecule has 0 unspecified atom stereocenters. The average molecular weight is 343 g/mol. The van der Waals surface area contributed by atoms with Gasteiger partial charge in [0.1, 0.15) is 5.02 Å². The summed E-state index contributed by atoms with van der Waals surface area (Å²) in [6, 6.07) is 8.29. The monoisotopic (exact) mass is 341 g/mol. The molecule has 0 aliphatic carbocycles. The van der Waals surface area contributed by atoms with Gasteiger partial charge in [0.15, 0.2) is 0 Å². The molecule has 0 spiro atoms. The van der Waals surface area contributed by atoms with E-state index in [9.17, 15) is 10.1 Å². The van der Waals surface area contributed by atoms with E-state index >= 15 is 0 Å². The molecule has 2 aromatic rings. The number of benzene rings is 1. The number of hydrogen-bond acceptors (Lipinski definition) is 4. The van der Waals surface area contributed by atoms with Gasteiger partial charge in [0.2, 0.25) is 0 Å². The minimum absolute atomic E-state index is 0.103. The van der Waals surface area contributed by atoms with Crippen LogP contribution in [0.3, 0.4) is 0 Å². The van der Waals surface area contributed by atoms with E-state index in [4.69, 9.17) is 11.6 Å². The second-order valence-electron chi connectivity index (χ2n) is 3.74. The van der Waals surface area contributed by atoms with E-state index in [2.05, 4.69) is 26.2 Å². The molecule has 98 valence electrons. The third kappa shape index (κ3) is 3.65. The highest BCUT2D eigenvalue weighted by Crippen LogP contribution is 2.27. The first-order valence-corrected chi connectivity index (χ1v) is 6.51. The van der Waals surface area contributed by atoms with Crippen molar-refractivity contribution >= 4 is 38.9 Å². The van der Waals surface area contributed by atoms with Crippen LogP contribution in [-0.2, 0) is 6.54 Å². The van der Waals surface area contributed by atoms with Crippen LogP contribution in [0.1, 0.15) is 5.69 Å². The second-order valence-corrected chi connectivity index (χ2v) is 5.07. The van der Waals surface area contributed by atoms with Crippen LogP contribution < -0.4 is 5.32 Å². The zero-order chi connectivity index (χ0) is 13.8. The Morgan fingerprint density at radius 3 is 2.74 bits per heavy atom. The Labute approximate surface area is 122 Å². The molecule has 0 amide bonds. The van der Waals surface area contributed by atoms with E-state index in [0.29, 0.717) is 12.2 Å². The number of aromatic nitrogens is 1. The summed E-state index contributed by atoms with van der Waals surface area (Å²) < 4.78 is 0.912. The zero-order valence-corrected chi connectivity index (χ0v) is 12.0. The summed E-state index contributed by atoms with van der Waals surface area (Å²) in [5.74, 6) is 0. The Bertz CT molecular complexity index is 604. The highest BCUT2D eigenvalue weighted by molar-refractivity contribution is 9.10. The van der Waals surface area contributed by atoms with Gasteiger partial charge in [0.25, 0.3) is 5.69 Å². The van der Waals surface area contributed by atoms with Gasteiger partial charge in [-0.2, -0.15) is 0 Å². The number of halogens is 2. The quantitative estimate of drug-likeness (QED) is 0.673. The molecule has 0 aliphatic heterocycles. The summed E-state index contributed by atoms with van der Waals surface area (Å²) in [5.41, 5.74) is 1.46. The van der Waals surface area contributed by atoms with Gasteiger partial charge in [-0.25, -0.2) is 0 Å². The maximum absolute atomic E-state index is 10.6. The summed E-state index contributed by atoms with van der Waals surface area (Å²) in [7, 11) is 0. The van der Waals surface area contributed by atoms with Crippen molar-refractivity contribution in [2.75, 3.05) is 5.32 Å². The SMILES string of the molecule is O=[N+]([O-])c1ccc(NCc2ccc(Br)cn2)cc1Cl. The molecule has 0 saturated heterocycles. The van der Waals surface area contributed by atoms with Crippen LogP contribution in [0.4, 0.5) is 11.4 Å². The Kier molecular flexibility index (Phi) is 4.34. The van der Waals surface area contributed by atoms with Gasteiger partial charge >= 0.3 is 0 Å². The Morgan fingerprint density at radius 2 is 2.16 bits per heavy atom. The van der Waals surface area contributed by atoms with Gasteiger partial charge in [-0.3, -0.25) is 15.1 Å². The largest absolute Gasteiger partial charge is 0.379 e. The van der Waals surface area contributed by atoms with Crippen molar-refractivity contribution in [3.63, 3.8) is 0 Å². The molecule has 19 heavy (non-hydrogen) atoms. The van der Waals surface area contributed by atoms with Crippen LogP contribution in [-0.4, -0.2) is 9.91 Å². The average Bonchev–Trinajstić information content (AvgIpc) is 2.37. The van der Waals surface area contributed by atoms with Gasteiger partial charge in [-0.1, -0.05) is 11.6 Å². The van der Waals surface area contributed by atoms with E-state index in [1.165, 1.54) is 12.1 Å². The molecular formula is C12H9BrClN3O2. The number of nitrogens with one attached hydrogen (secondary N) is 1. The number of pyridine rings is 1. The minimum atomic E-state index is -0.512. The van der Waals surface area contributed by atoms with Crippen LogP contribution in [0, 0.1) is 10.1 Å². The van der Waals surface area contributed by atoms with Gasteiger partial charge < -0.3 is 5.32 Å². The summed E-state index contributed by atoms with van der Waals surface area (Å²) >= 11 is 9.13. The van der Waals surface area contributed by atoms with E-state index in [1.807, 2.05) is 12.1 Å². The summed E-state index contributed by atoms with van der Waals surface area (Å²) in [4.78, 5) is 14.3. The molecule has 0 aliphatic rings. The number of hydrogen-bond donors (Lipinski definition) is 1. The molecule has 1 N–H and O–H groups in total. The topological polar surface area (TPSA) is 68.1 Å². The van der Waals surface area contributed by atoms with Crippen LogP contribution in [0.5, 0.6) is 0 Å². The van der Waals surface area contributed by atoms with E-state index in [1.54, 1.807) is 12.3 Å². The van der Waals surface area contributed by atoms with Gasteiger partial charge in [0.05, 0.1) is 17.2 Å². The fourth-order valence-electron chi connectivity index (χ4n) is 1.47. The van der Waals surface area contributed by atoms with Gasteiger partial charge in [-0.15, -0.1) is 0 Å². The molecule has 0 saturated carbocycles. The lowest BCUT2D eigenvalue weighted by Gasteiger charge is -2.06. The highest BCUT2D eigenvalue weighted by atomic mass is 79.9. The fraction of sp³-hybridized carbons (Fsp3) is 0.0833. The van der Waals surface area contributed by atoms with E-state index in [0.717, 1.165) is 10.2 Å². The van der Waals surface area contributed by atoms with Gasteiger partial charge in [-0.05, 0) is 40.2 Å². The third-order valence-corrected chi connectivity index (χ3v) is 3.18. The Morgan fingerprint density at radius 1 is 1.37 bits per heavy atom. The normalized spacial score (nSPS) is 10.2. The molecule has 0 fully saturated rings. The summed E-state index contributed by atoms with van der Waals surface area (Å²) in [6.45, 7) is 0.515. The first kappa shape index (κ1) is 13.8. The Hall–Kier alpha value is -1.66. The van der Waals surface area contributed by atoms with Crippen LogP contribution in [0.2, 0.25) is 5.02 Å². The molecule has 0 atom stereocenters. The van der Waals surface area contributed by atoms with Crippen molar-refractivity contribution in [2.24, 2.45) is 0 Å². The van der Waals surface area contributed by atoms with Crippen molar-refractivity contribution in [1.29, 1.82) is 0 Å². The fourth-order valence-corrected chi connectivity index (χ4v) is 1.95. The third-order valence-electron chi connectivity index (χ3n) is 2.41. The Balaban J connectivity index is 2.06. The maximum Gasteiger partial charge on any atom is 0.288 e. The maximum atomic E-state index is 10.6. The van der Waals surface area contributed by atoms with Crippen LogP contribution >= 0.6 is 27.5 Å². The standard InChI is InChI=1S/C12H9BrClN3O2/c13-8-1-2-10(15-6-8)7-16-9-3-4-12(17(18)19)11(14)5-9/h1-6,16H,7H2. The highest BCUT2D eigenvalue weighted by Gasteiger charge is 2.11. The lowest BCUT2D eigenvalue weighted by Crippen LogP contribution is -2.01. The zero-order valence-electron chi connectivity index (χ0n) is 9.64. The molecule has 1 heterocycles. The summed E-state index contributed by atoms with van der Waals surface area (Å²) in [5, 5.41) is 13.8. The first-order valence-electron chi connectivity index (χ1n) is 5.34. The van der Waals surface area contributed by atoms with E-state index in [-0.39, 0.29) is 10.7 Å². The van der Waals surface area contributed by atoms with Crippen molar-refractivity contribution in [1.82, 2.24) is 4.98 Å². The predicted octanol–water partition coefficient (Wildman–Crippen LogP) is 4.02. The molecule has 0 radical (unpaired) electrons. The lowest BCUT2D eigenvalue weighted by atomic mass is 10.2. The molecule has 5 nitrogen and oxygen atoms in total. The molecule has 1 aromatic heterocycles. The molecule has 0 bridgehead atoms. The number of rotatable bonds is 4. The van der Waals surface area contributed by atoms with Crippen molar-refractivity contribution in [3.05, 3.63) is 61.8 Å². The number of nitro groups is 1. The first-order chi connectivity index (χ1) is 9.06. The van der Waals surface area contributed by atoms with Crippen molar-refractivity contribution in [3.8, 4) is 0 Å². The smallest absolute Gasteiger partial charge is 0.288 e. The number of anilines is 1. The van der Waals surface area contributed by atoms with E-state index < -0.39 is 4.92 Å². The van der Waals surface area contributed by atoms with Crippen molar-refractivity contribution in [2.45, 2.75) is 6.54 Å². The van der Waals surface area contributed by atoms with Crippen LogP contribution in [0.15, 0.2) is 41.0 Å².